The molecule has 1 N–H and O–H groups in total. The van der Waals surface area contributed by atoms with E-state index in [-0.39, 0.29) is 11.9 Å². The van der Waals surface area contributed by atoms with Gasteiger partial charge in [-0.3, -0.25) is 9.88 Å². The highest BCUT2D eigenvalue weighted by Crippen LogP contribution is 2.25. The van der Waals surface area contributed by atoms with Gasteiger partial charge in [0, 0.05) is 44.6 Å². The van der Waals surface area contributed by atoms with E-state index in [0.717, 1.165) is 37.5 Å². The topological polar surface area (TPSA) is 46.0 Å². The lowest BCUT2D eigenvalue weighted by Crippen LogP contribution is -2.45. The van der Waals surface area contributed by atoms with E-state index < -0.39 is 0 Å². The molecule has 3 heterocycles. The van der Waals surface area contributed by atoms with Gasteiger partial charge < -0.3 is 9.88 Å². The second kappa shape index (κ2) is 6.90. The van der Waals surface area contributed by atoms with Crippen LogP contribution in [0.15, 0.2) is 42.7 Å². The van der Waals surface area contributed by atoms with Crippen molar-refractivity contribution in [2.24, 2.45) is 0 Å². The number of para-hydroxylation sites is 1. The highest BCUT2D eigenvalue weighted by molar-refractivity contribution is 5.76. The van der Waals surface area contributed by atoms with Gasteiger partial charge >= 0.3 is 0 Å². The van der Waals surface area contributed by atoms with Crippen LogP contribution >= 0.6 is 0 Å². The molecule has 0 aliphatic carbocycles. The van der Waals surface area contributed by atoms with E-state index in [1.54, 1.807) is 12.3 Å². The van der Waals surface area contributed by atoms with Crippen molar-refractivity contribution in [1.82, 2.24) is 24.8 Å². The van der Waals surface area contributed by atoms with Crippen molar-refractivity contribution in [3.8, 4) is 0 Å². The first kappa shape index (κ1) is 16.2. The van der Waals surface area contributed by atoms with Gasteiger partial charge in [-0.15, -0.1) is 0 Å². The number of aromatic nitrogens is 3. The predicted octanol–water partition coefficient (Wildman–Crippen LogP) is 2.74. The van der Waals surface area contributed by atoms with Gasteiger partial charge in [-0.2, -0.15) is 0 Å². The molecule has 0 bridgehead atoms. The third-order valence-electron chi connectivity index (χ3n) is 4.89. The maximum atomic E-state index is 14.1. The summed E-state index contributed by atoms with van der Waals surface area (Å²) in [5, 5.41) is 3.46. The van der Waals surface area contributed by atoms with Gasteiger partial charge in [0.1, 0.15) is 11.3 Å². The molecular formula is C19H22FN5. The number of imidazole rings is 1. The number of piperazine rings is 1. The zero-order valence-corrected chi connectivity index (χ0v) is 14.3. The quantitative estimate of drug-likeness (QED) is 0.794. The number of hydrogen-bond donors (Lipinski definition) is 1. The van der Waals surface area contributed by atoms with Crippen molar-refractivity contribution in [2.75, 3.05) is 19.6 Å². The molecule has 1 unspecified atom stereocenters. The summed E-state index contributed by atoms with van der Waals surface area (Å²) in [6.07, 6.45) is 3.72. The average Bonchev–Trinajstić information content (AvgIpc) is 3.01. The van der Waals surface area contributed by atoms with E-state index in [0.29, 0.717) is 12.1 Å². The Balaban J connectivity index is 1.68. The van der Waals surface area contributed by atoms with Gasteiger partial charge in [0.25, 0.3) is 0 Å². The Bertz CT molecular complexity index is 861. The molecule has 0 amide bonds. The van der Waals surface area contributed by atoms with E-state index in [4.69, 9.17) is 0 Å². The molecular weight excluding hydrogens is 317 g/mol. The van der Waals surface area contributed by atoms with Crippen LogP contribution in [0.2, 0.25) is 0 Å². The third-order valence-corrected chi connectivity index (χ3v) is 4.89. The molecule has 1 aliphatic heterocycles. The molecule has 1 aromatic carbocycles. The smallest absolute Gasteiger partial charge is 0.151 e. The van der Waals surface area contributed by atoms with Crippen LogP contribution in [0.5, 0.6) is 0 Å². The molecule has 5 nitrogen and oxygen atoms in total. The second-order valence-corrected chi connectivity index (χ2v) is 6.36. The normalized spacial score (nSPS) is 18.7. The van der Waals surface area contributed by atoms with Crippen LogP contribution in [-0.4, -0.2) is 39.1 Å². The van der Waals surface area contributed by atoms with E-state index in [2.05, 4.69) is 37.7 Å². The molecule has 25 heavy (non-hydrogen) atoms. The average molecular weight is 339 g/mol. The number of hydrogen-bond acceptors (Lipinski definition) is 4. The fourth-order valence-corrected chi connectivity index (χ4v) is 3.65. The highest BCUT2D eigenvalue weighted by atomic mass is 19.1. The Kier molecular flexibility index (Phi) is 4.46. The minimum Gasteiger partial charge on any atom is -0.327 e. The Labute approximate surface area is 146 Å². The van der Waals surface area contributed by atoms with E-state index in [1.165, 1.54) is 11.6 Å². The van der Waals surface area contributed by atoms with Crippen LogP contribution < -0.4 is 5.32 Å². The number of nitrogens with zero attached hydrogens (tertiary/aromatic N) is 4. The van der Waals surface area contributed by atoms with Gasteiger partial charge in [0.15, 0.2) is 5.82 Å². The lowest BCUT2D eigenvalue weighted by atomic mass is 10.1. The molecule has 0 saturated carbocycles. The SMILES string of the molecule is CCn1c(CN2CCNCC2c2cccnc2)nc2c(F)cccc21. The first-order valence-electron chi connectivity index (χ1n) is 8.76. The van der Waals surface area contributed by atoms with E-state index in [1.807, 2.05) is 18.3 Å². The summed E-state index contributed by atoms with van der Waals surface area (Å²) in [4.78, 5) is 11.3. The number of pyridine rings is 1. The zero-order valence-electron chi connectivity index (χ0n) is 14.3. The Morgan fingerprint density at radius 1 is 1.28 bits per heavy atom. The van der Waals surface area contributed by atoms with Crippen LogP contribution in [0.25, 0.3) is 11.0 Å². The lowest BCUT2D eigenvalue weighted by Gasteiger charge is -2.36. The monoisotopic (exact) mass is 339 g/mol. The van der Waals surface area contributed by atoms with Crippen LogP contribution in [-0.2, 0) is 13.1 Å². The first-order chi connectivity index (χ1) is 12.3. The molecule has 3 aromatic rings. The maximum Gasteiger partial charge on any atom is 0.151 e. The molecule has 1 atom stereocenters. The van der Waals surface area contributed by atoms with Gasteiger partial charge in [-0.05, 0) is 30.7 Å². The van der Waals surface area contributed by atoms with E-state index >= 15 is 0 Å². The summed E-state index contributed by atoms with van der Waals surface area (Å²) >= 11 is 0. The molecule has 4 rings (SSSR count). The fourth-order valence-electron chi connectivity index (χ4n) is 3.65. The van der Waals surface area contributed by atoms with Gasteiger partial charge in [0.2, 0.25) is 0 Å². The van der Waals surface area contributed by atoms with Crippen molar-refractivity contribution in [3.05, 3.63) is 59.9 Å². The number of nitrogens with one attached hydrogen (secondary N) is 1. The second-order valence-electron chi connectivity index (χ2n) is 6.36. The minimum absolute atomic E-state index is 0.248. The van der Waals surface area contributed by atoms with Gasteiger partial charge in [0.05, 0.1) is 12.1 Å². The molecule has 0 spiro atoms. The minimum atomic E-state index is -0.255. The third kappa shape index (κ3) is 3.03. The molecule has 6 heteroatoms. The summed E-state index contributed by atoms with van der Waals surface area (Å²) in [6, 6.07) is 9.49. The van der Waals surface area contributed by atoms with Gasteiger partial charge in [-0.1, -0.05) is 12.1 Å². The summed E-state index contributed by atoms with van der Waals surface area (Å²) in [7, 11) is 0. The van der Waals surface area contributed by atoms with Crippen molar-refractivity contribution >= 4 is 11.0 Å². The summed E-state index contributed by atoms with van der Waals surface area (Å²) in [6.45, 7) is 6.30. The number of halogens is 1. The van der Waals surface area contributed by atoms with Crippen LogP contribution in [0.4, 0.5) is 4.39 Å². The molecule has 1 fully saturated rings. The molecule has 1 saturated heterocycles. The largest absolute Gasteiger partial charge is 0.327 e. The summed E-state index contributed by atoms with van der Waals surface area (Å²) < 4.78 is 16.2. The van der Waals surface area contributed by atoms with E-state index in [9.17, 15) is 4.39 Å². The summed E-state index contributed by atoms with van der Waals surface area (Å²) in [5.41, 5.74) is 2.53. The Morgan fingerprint density at radius 3 is 3.00 bits per heavy atom. The first-order valence-corrected chi connectivity index (χ1v) is 8.76. The number of rotatable bonds is 4. The van der Waals surface area contributed by atoms with Crippen LogP contribution in [0, 0.1) is 5.82 Å². The van der Waals surface area contributed by atoms with Crippen molar-refractivity contribution < 1.29 is 4.39 Å². The number of fused-ring (bicyclic) bond motifs is 1. The predicted molar refractivity (Wildman–Crippen MR) is 95.6 cm³/mol. The van der Waals surface area contributed by atoms with Crippen LogP contribution in [0.1, 0.15) is 24.4 Å². The highest BCUT2D eigenvalue weighted by Gasteiger charge is 2.26. The molecule has 130 valence electrons. The Hall–Kier alpha value is -2.31. The molecule has 1 aliphatic rings. The lowest BCUT2D eigenvalue weighted by molar-refractivity contribution is 0.148. The van der Waals surface area contributed by atoms with Gasteiger partial charge in [-0.25, -0.2) is 9.37 Å². The number of benzene rings is 1. The Morgan fingerprint density at radius 2 is 2.20 bits per heavy atom. The standard InChI is InChI=1S/C19H22FN5/c1-2-25-16-7-3-6-15(20)19(16)23-18(25)13-24-10-9-22-12-17(24)14-5-4-8-21-11-14/h3-8,11,17,22H,2,9-10,12-13H2,1H3. The number of aryl methyl sites for hydroxylation is 1. The molecule has 2 aromatic heterocycles. The van der Waals surface area contributed by atoms with Crippen molar-refractivity contribution in [2.45, 2.75) is 26.1 Å². The maximum absolute atomic E-state index is 14.1. The fraction of sp³-hybridized carbons (Fsp3) is 0.368. The van der Waals surface area contributed by atoms with Crippen LogP contribution in [0.3, 0.4) is 0 Å². The summed E-state index contributed by atoms with van der Waals surface area (Å²) in [5.74, 6) is 0.661. The van der Waals surface area contributed by atoms with Crippen molar-refractivity contribution in [3.63, 3.8) is 0 Å². The van der Waals surface area contributed by atoms with Crippen molar-refractivity contribution in [1.29, 1.82) is 0 Å². The molecule has 0 radical (unpaired) electrons. The zero-order chi connectivity index (χ0) is 17.2.